The zero-order chi connectivity index (χ0) is 31.0. The van der Waals surface area contributed by atoms with Crippen LogP contribution in [-0.2, 0) is 20.9 Å². The first-order chi connectivity index (χ1) is 21.2. The number of carbonyl (C=O) groups is 2. The third kappa shape index (κ3) is 5.39. The molecular formula is C33H24F5NO5. The first-order valence-corrected chi connectivity index (χ1v) is 13.7. The summed E-state index contributed by atoms with van der Waals surface area (Å²) in [7, 11) is 0. The van der Waals surface area contributed by atoms with E-state index in [1.165, 1.54) is 0 Å². The second kappa shape index (κ2) is 12.1. The molecule has 1 aliphatic carbocycles. The van der Waals surface area contributed by atoms with Gasteiger partial charge in [-0.25, -0.2) is 22.8 Å². The molecule has 2 aliphatic rings. The molecule has 1 heterocycles. The van der Waals surface area contributed by atoms with Gasteiger partial charge < -0.3 is 14.2 Å². The van der Waals surface area contributed by atoms with Crippen molar-refractivity contribution >= 4 is 12.1 Å². The first-order valence-electron chi connectivity index (χ1n) is 13.7. The molecule has 1 saturated heterocycles. The number of carbonyl (C=O) groups excluding carboxylic acids is 2. The Morgan fingerprint density at radius 3 is 1.89 bits per heavy atom. The second-order valence-corrected chi connectivity index (χ2v) is 10.4. The van der Waals surface area contributed by atoms with Crippen LogP contribution in [0.25, 0.3) is 11.1 Å². The van der Waals surface area contributed by atoms with Gasteiger partial charge in [0.05, 0.1) is 19.3 Å². The molecule has 4 aromatic carbocycles. The van der Waals surface area contributed by atoms with Gasteiger partial charge in [0.1, 0.15) is 12.6 Å². The van der Waals surface area contributed by atoms with Crippen LogP contribution in [0.3, 0.4) is 0 Å². The van der Waals surface area contributed by atoms with Crippen molar-refractivity contribution in [1.82, 2.24) is 4.90 Å². The highest BCUT2D eigenvalue weighted by Gasteiger charge is 2.44. The summed E-state index contributed by atoms with van der Waals surface area (Å²) in [5.41, 5.74) is 4.73. The average molecular weight is 610 g/mol. The van der Waals surface area contributed by atoms with Gasteiger partial charge in [-0.2, -0.15) is 8.78 Å². The second-order valence-electron chi connectivity index (χ2n) is 10.4. The standard InChI is InChI=1S/C33H24F5NO5/c34-26-27(35)29(37)31(30(38)28(26)36)44-32(40)25-14-19(42-16-18-8-2-1-3-9-18)15-39(25)33(41)43-17-24-22-12-6-4-10-20(22)21-11-5-7-13-23(21)24/h1-13,19,24-25H,14-17H2/t19-,25+/m0/s1. The van der Waals surface area contributed by atoms with E-state index < -0.39 is 59.0 Å². The Morgan fingerprint density at radius 2 is 1.27 bits per heavy atom. The Labute approximate surface area is 248 Å². The minimum Gasteiger partial charge on any atom is -0.448 e. The molecule has 0 spiro atoms. The van der Waals surface area contributed by atoms with E-state index >= 15 is 0 Å². The zero-order valence-electron chi connectivity index (χ0n) is 22.9. The molecule has 11 heteroatoms. The van der Waals surface area contributed by atoms with Gasteiger partial charge >= 0.3 is 12.1 Å². The molecule has 2 atom stereocenters. The maximum atomic E-state index is 14.3. The predicted molar refractivity (Wildman–Crippen MR) is 147 cm³/mol. The monoisotopic (exact) mass is 609 g/mol. The third-order valence-electron chi connectivity index (χ3n) is 7.81. The van der Waals surface area contributed by atoms with Crippen LogP contribution >= 0.6 is 0 Å². The van der Waals surface area contributed by atoms with Crippen molar-refractivity contribution in [1.29, 1.82) is 0 Å². The molecule has 0 N–H and O–H groups in total. The predicted octanol–water partition coefficient (Wildman–Crippen LogP) is 6.90. The maximum absolute atomic E-state index is 14.3. The van der Waals surface area contributed by atoms with Gasteiger partial charge in [0.25, 0.3) is 0 Å². The van der Waals surface area contributed by atoms with E-state index in [-0.39, 0.29) is 32.1 Å². The summed E-state index contributed by atoms with van der Waals surface area (Å²) in [5, 5.41) is 0. The highest BCUT2D eigenvalue weighted by molar-refractivity contribution is 5.84. The third-order valence-corrected chi connectivity index (χ3v) is 7.81. The summed E-state index contributed by atoms with van der Waals surface area (Å²) in [6.07, 6.45) is -1.84. The smallest absolute Gasteiger partial charge is 0.410 e. The highest BCUT2D eigenvalue weighted by atomic mass is 19.2. The lowest BCUT2D eigenvalue weighted by Gasteiger charge is -2.24. The number of ether oxygens (including phenoxy) is 3. The largest absolute Gasteiger partial charge is 0.448 e. The van der Waals surface area contributed by atoms with E-state index in [1.54, 1.807) is 12.1 Å². The number of hydrogen-bond acceptors (Lipinski definition) is 5. The van der Waals surface area contributed by atoms with E-state index in [2.05, 4.69) is 0 Å². The van der Waals surface area contributed by atoms with Crippen molar-refractivity contribution in [3.8, 4) is 16.9 Å². The summed E-state index contributed by atoms with van der Waals surface area (Å²) < 4.78 is 85.9. The van der Waals surface area contributed by atoms with Gasteiger partial charge in [-0.15, -0.1) is 0 Å². The summed E-state index contributed by atoms with van der Waals surface area (Å²) in [6, 6.07) is 22.9. The Balaban J connectivity index is 1.22. The van der Waals surface area contributed by atoms with Crippen molar-refractivity contribution < 1.29 is 45.8 Å². The minimum absolute atomic E-state index is 0.0850. The summed E-state index contributed by atoms with van der Waals surface area (Å²) in [4.78, 5) is 27.6. The number of nitrogens with zero attached hydrogens (tertiary/aromatic N) is 1. The topological polar surface area (TPSA) is 65.1 Å². The minimum atomic E-state index is -2.39. The van der Waals surface area contributed by atoms with E-state index in [1.807, 2.05) is 66.7 Å². The summed E-state index contributed by atoms with van der Waals surface area (Å²) >= 11 is 0. The fourth-order valence-electron chi connectivity index (χ4n) is 5.65. The molecular weight excluding hydrogens is 585 g/mol. The Bertz CT molecular complexity index is 1660. The molecule has 0 radical (unpaired) electrons. The van der Waals surface area contributed by atoms with Crippen LogP contribution < -0.4 is 4.74 Å². The van der Waals surface area contributed by atoms with Crippen molar-refractivity contribution in [2.75, 3.05) is 13.2 Å². The number of amides is 1. The van der Waals surface area contributed by atoms with Crippen molar-refractivity contribution in [3.63, 3.8) is 0 Å². The van der Waals surface area contributed by atoms with Gasteiger partial charge in [-0.3, -0.25) is 4.90 Å². The van der Waals surface area contributed by atoms with Crippen LogP contribution in [0.2, 0.25) is 0 Å². The van der Waals surface area contributed by atoms with Crippen LogP contribution in [0.15, 0.2) is 78.9 Å². The Kier molecular flexibility index (Phi) is 8.05. The number of hydrogen-bond donors (Lipinski definition) is 0. The number of likely N-dealkylation sites (tertiary alicyclic amines) is 1. The number of esters is 1. The normalized spacial score (nSPS) is 17.3. The van der Waals surface area contributed by atoms with Gasteiger partial charge in [-0.05, 0) is 27.8 Å². The highest BCUT2D eigenvalue weighted by Crippen LogP contribution is 2.44. The van der Waals surface area contributed by atoms with E-state index in [0.29, 0.717) is 0 Å². The zero-order valence-corrected chi connectivity index (χ0v) is 22.9. The molecule has 0 bridgehead atoms. The van der Waals surface area contributed by atoms with E-state index in [0.717, 1.165) is 32.7 Å². The number of benzene rings is 4. The molecule has 0 aromatic heterocycles. The first kappa shape index (κ1) is 29.3. The van der Waals surface area contributed by atoms with Crippen molar-refractivity contribution in [2.24, 2.45) is 0 Å². The average Bonchev–Trinajstić information content (AvgIpc) is 3.63. The molecule has 0 saturated carbocycles. The van der Waals surface area contributed by atoms with Crippen LogP contribution in [0.4, 0.5) is 26.7 Å². The number of halogens is 5. The molecule has 6 rings (SSSR count). The SMILES string of the molecule is O=C(Oc1c(F)c(F)c(F)c(F)c1F)[C@H]1C[C@H](OCc2ccccc2)CN1C(=O)OCC1c2ccccc2-c2ccccc21. The van der Waals surface area contributed by atoms with Crippen molar-refractivity contribution in [3.05, 3.63) is 125 Å². The van der Waals surface area contributed by atoms with Gasteiger partial charge in [0.2, 0.25) is 34.8 Å². The quantitative estimate of drug-likeness (QED) is 0.0751. The molecule has 6 nitrogen and oxygen atoms in total. The Hall–Kier alpha value is -4.77. The summed E-state index contributed by atoms with van der Waals surface area (Å²) in [5.74, 6) is -15.0. The molecule has 0 unspecified atom stereocenters. The fraction of sp³-hybridized carbons (Fsp3) is 0.212. The lowest BCUT2D eigenvalue weighted by Crippen LogP contribution is -2.43. The molecule has 4 aromatic rings. The van der Waals surface area contributed by atoms with E-state index in [4.69, 9.17) is 14.2 Å². The van der Waals surface area contributed by atoms with E-state index in [9.17, 15) is 31.5 Å². The molecule has 44 heavy (non-hydrogen) atoms. The number of rotatable bonds is 7. The fourth-order valence-corrected chi connectivity index (χ4v) is 5.65. The van der Waals surface area contributed by atoms with Gasteiger partial charge in [0, 0.05) is 12.3 Å². The van der Waals surface area contributed by atoms with Crippen LogP contribution in [0.5, 0.6) is 5.75 Å². The van der Waals surface area contributed by atoms with Gasteiger partial charge in [0.15, 0.2) is 0 Å². The molecule has 1 amide bonds. The lowest BCUT2D eigenvalue weighted by molar-refractivity contribution is -0.139. The molecule has 1 fully saturated rings. The van der Waals surface area contributed by atoms with Crippen LogP contribution in [0.1, 0.15) is 29.0 Å². The summed E-state index contributed by atoms with van der Waals surface area (Å²) in [6.45, 7) is -0.109. The maximum Gasteiger partial charge on any atom is 0.410 e. The molecule has 226 valence electrons. The van der Waals surface area contributed by atoms with Gasteiger partial charge in [-0.1, -0.05) is 78.9 Å². The lowest BCUT2D eigenvalue weighted by atomic mass is 9.98. The van der Waals surface area contributed by atoms with Crippen molar-refractivity contribution in [2.45, 2.75) is 31.1 Å². The Morgan fingerprint density at radius 1 is 0.727 bits per heavy atom. The number of fused-ring (bicyclic) bond motifs is 3. The van der Waals surface area contributed by atoms with Crippen LogP contribution in [0, 0.1) is 29.1 Å². The molecule has 1 aliphatic heterocycles. The van der Waals surface area contributed by atoms with Crippen LogP contribution in [-0.4, -0.2) is 42.3 Å².